The van der Waals surface area contributed by atoms with Gasteiger partial charge in [-0.2, -0.15) is 0 Å². The molecule has 0 saturated carbocycles. The molecule has 1 aromatic rings. The molecule has 0 aliphatic carbocycles. The first-order valence-electron chi connectivity index (χ1n) is 6.82. The molecule has 0 N–H and O–H groups in total. The molecular formula is C16H18Cl2O4. The van der Waals surface area contributed by atoms with Crippen LogP contribution in [0.5, 0.6) is 5.75 Å². The summed E-state index contributed by atoms with van der Waals surface area (Å²) in [4.78, 5) is 23.1. The van der Waals surface area contributed by atoms with E-state index in [0.29, 0.717) is 16.5 Å². The molecular weight excluding hydrogens is 327 g/mol. The summed E-state index contributed by atoms with van der Waals surface area (Å²) in [5.74, 6) is -0.500. The number of ether oxygens (including phenoxy) is 2. The zero-order valence-corrected chi connectivity index (χ0v) is 14.0. The van der Waals surface area contributed by atoms with E-state index in [2.05, 4.69) is 0 Å². The third kappa shape index (κ3) is 8.05. The number of esters is 2. The van der Waals surface area contributed by atoms with E-state index < -0.39 is 5.97 Å². The highest BCUT2D eigenvalue weighted by Gasteiger charge is 2.09. The van der Waals surface area contributed by atoms with E-state index in [0.717, 1.165) is 5.57 Å². The third-order valence-electron chi connectivity index (χ3n) is 2.57. The Hall–Kier alpha value is -1.52. The largest absolute Gasteiger partial charge is 0.461 e. The van der Waals surface area contributed by atoms with Crippen LogP contribution < -0.4 is 4.74 Å². The summed E-state index contributed by atoms with van der Waals surface area (Å²) in [5.41, 5.74) is 1.08. The quantitative estimate of drug-likeness (QED) is 0.412. The van der Waals surface area contributed by atoms with E-state index in [9.17, 15) is 9.59 Å². The number of rotatable bonds is 7. The third-order valence-corrected chi connectivity index (χ3v) is 3.00. The summed E-state index contributed by atoms with van der Waals surface area (Å²) in [6.45, 7) is 4.10. The van der Waals surface area contributed by atoms with Gasteiger partial charge >= 0.3 is 11.9 Å². The Morgan fingerprint density at radius 1 is 1.05 bits per heavy atom. The number of hydrogen-bond donors (Lipinski definition) is 0. The molecule has 0 heterocycles. The molecule has 0 aliphatic heterocycles. The smallest absolute Gasteiger partial charge is 0.311 e. The molecule has 0 aromatic heterocycles. The van der Waals surface area contributed by atoms with Crippen molar-refractivity contribution in [1.82, 2.24) is 0 Å². The Balaban J connectivity index is 2.28. The summed E-state index contributed by atoms with van der Waals surface area (Å²) in [6.07, 6.45) is 2.46. The SMILES string of the molecule is CC(C)=CCOC(=O)CCCC(=O)Oc1cc(Cl)cc(Cl)c1. The summed E-state index contributed by atoms with van der Waals surface area (Å²) in [6, 6.07) is 4.54. The van der Waals surface area contributed by atoms with Gasteiger partial charge in [-0.1, -0.05) is 28.8 Å². The van der Waals surface area contributed by atoms with E-state index in [1.165, 1.54) is 12.1 Å². The minimum absolute atomic E-state index is 0.113. The average molecular weight is 345 g/mol. The lowest BCUT2D eigenvalue weighted by Gasteiger charge is -2.05. The van der Waals surface area contributed by atoms with Crippen LogP contribution in [0.4, 0.5) is 0 Å². The van der Waals surface area contributed by atoms with Crippen LogP contribution in [0.1, 0.15) is 33.1 Å². The van der Waals surface area contributed by atoms with Crippen molar-refractivity contribution in [3.8, 4) is 5.75 Å². The zero-order valence-electron chi connectivity index (χ0n) is 12.5. The number of hydrogen-bond acceptors (Lipinski definition) is 4. The molecule has 0 saturated heterocycles. The van der Waals surface area contributed by atoms with Crippen molar-refractivity contribution in [3.05, 3.63) is 39.9 Å². The lowest BCUT2D eigenvalue weighted by Crippen LogP contribution is -2.10. The first-order chi connectivity index (χ1) is 10.4. The summed E-state index contributed by atoms with van der Waals surface area (Å²) < 4.78 is 10.1. The van der Waals surface area contributed by atoms with Gasteiger partial charge in [-0.3, -0.25) is 9.59 Å². The van der Waals surface area contributed by atoms with Crippen LogP contribution in [0.3, 0.4) is 0 Å². The van der Waals surface area contributed by atoms with Gasteiger partial charge in [0.2, 0.25) is 0 Å². The van der Waals surface area contributed by atoms with E-state index in [4.69, 9.17) is 32.7 Å². The van der Waals surface area contributed by atoms with E-state index in [1.54, 1.807) is 6.07 Å². The Labute approximate surface area is 140 Å². The van der Waals surface area contributed by atoms with Crippen molar-refractivity contribution in [2.45, 2.75) is 33.1 Å². The topological polar surface area (TPSA) is 52.6 Å². The van der Waals surface area contributed by atoms with Crippen molar-refractivity contribution < 1.29 is 19.1 Å². The number of benzene rings is 1. The number of carbonyl (C=O) groups is 2. The maximum absolute atomic E-state index is 11.6. The Kier molecular flexibility index (Phi) is 7.99. The van der Waals surface area contributed by atoms with E-state index in [1.807, 2.05) is 19.9 Å². The fraction of sp³-hybridized carbons (Fsp3) is 0.375. The van der Waals surface area contributed by atoms with Crippen molar-refractivity contribution in [2.24, 2.45) is 0 Å². The Morgan fingerprint density at radius 2 is 1.64 bits per heavy atom. The first-order valence-corrected chi connectivity index (χ1v) is 7.58. The van der Waals surface area contributed by atoms with Gasteiger partial charge in [0, 0.05) is 22.9 Å². The zero-order chi connectivity index (χ0) is 16.5. The van der Waals surface area contributed by atoms with E-state index in [-0.39, 0.29) is 31.2 Å². The second-order valence-corrected chi connectivity index (χ2v) is 5.77. The van der Waals surface area contributed by atoms with Gasteiger partial charge in [-0.15, -0.1) is 0 Å². The van der Waals surface area contributed by atoms with Crippen LogP contribution in [-0.4, -0.2) is 18.5 Å². The van der Waals surface area contributed by atoms with Gasteiger partial charge in [0.25, 0.3) is 0 Å². The van der Waals surface area contributed by atoms with E-state index >= 15 is 0 Å². The highest BCUT2D eigenvalue weighted by Crippen LogP contribution is 2.24. The minimum atomic E-state index is -0.449. The van der Waals surface area contributed by atoms with Gasteiger partial charge in [-0.25, -0.2) is 0 Å². The van der Waals surface area contributed by atoms with Crippen molar-refractivity contribution in [1.29, 1.82) is 0 Å². The second-order valence-electron chi connectivity index (χ2n) is 4.90. The normalized spacial score (nSPS) is 10.0. The van der Waals surface area contributed by atoms with Gasteiger partial charge in [-0.05, 0) is 44.5 Å². The minimum Gasteiger partial charge on any atom is -0.461 e. The first kappa shape index (κ1) is 18.5. The van der Waals surface area contributed by atoms with Crippen molar-refractivity contribution >= 4 is 35.1 Å². The lowest BCUT2D eigenvalue weighted by molar-refractivity contribution is -0.142. The van der Waals surface area contributed by atoms with Crippen LogP contribution in [0, 0.1) is 0 Å². The lowest BCUT2D eigenvalue weighted by atomic mass is 10.2. The van der Waals surface area contributed by atoms with Crippen LogP contribution in [0.2, 0.25) is 10.0 Å². The molecule has 1 aromatic carbocycles. The molecule has 120 valence electrons. The highest BCUT2D eigenvalue weighted by molar-refractivity contribution is 6.34. The predicted octanol–water partition coefficient (Wildman–Crippen LogP) is 4.58. The molecule has 4 nitrogen and oxygen atoms in total. The van der Waals surface area contributed by atoms with Gasteiger partial charge < -0.3 is 9.47 Å². The van der Waals surface area contributed by atoms with Gasteiger partial charge in [0.05, 0.1) is 0 Å². The number of halogens is 2. The highest BCUT2D eigenvalue weighted by atomic mass is 35.5. The number of carbonyl (C=O) groups excluding carboxylic acids is 2. The molecule has 0 radical (unpaired) electrons. The Bertz CT molecular complexity index is 543. The monoisotopic (exact) mass is 344 g/mol. The summed E-state index contributed by atoms with van der Waals surface area (Å²) >= 11 is 11.6. The van der Waals surface area contributed by atoms with Crippen LogP contribution in [0.25, 0.3) is 0 Å². The molecule has 22 heavy (non-hydrogen) atoms. The van der Waals surface area contributed by atoms with Crippen LogP contribution in [-0.2, 0) is 14.3 Å². The standard InChI is InChI=1S/C16H18Cl2O4/c1-11(2)6-7-21-15(19)4-3-5-16(20)22-14-9-12(17)8-13(18)10-14/h6,8-10H,3-5,7H2,1-2H3. The molecule has 0 spiro atoms. The number of allylic oxidation sites excluding steroid dienone is 1. The molecule has 0 aliphatic rings. The predicted molar refractivity (Wildman–Crippen MR) is 86.3 cm³/mol. The Morgan fingerprint density at radius 3 is 2.23 bits per heavy atom. The van der Waals surface area contributed by atoms with Crippen LogP contribution in [0.15, 0.2) is 29.8 Å². The molecule has 0 bridgehead atoms. The van der Waals surface area contributed by atoms with Crippen LogP contribution >= 0.6 is 23.2 Å². The maximum atomic E-state index is 11.6. The molecule has 0 atom stereocenters. The molecule has 0 amide bonds. The van der Waals surface area contributed by atoms with Crippen molar-refractivity contribution in [2.75, 3.05) is 6.61 Å². The van der Waals surface area contributed by atoms with Crippen molar-refractivity contribution in [3.63, 3.8) is 0 Å². The molecule has 6 heteroatoms. The second kappa shape index (κ2) is 9.49. The fourth-order valence-electron chi connectivity index (χ4n) is 1.52. The summed E-state index contributed by atoms with van der Waals surface area (Å²) in [5, 5.41) is 0.774. The summed E-state index contributed by atoms with van der Waals surface area (Å²) in [7, 11) is 0. The molecule has 0 unspecified atom stereocenters. The fourth-order valence-corrected chi connectivity index (χ4v) is 2.03. The molecule has 0 fully saturated rings. The average Bonchev–Trinajstić information content (AvgIpc) is 2.36. The van der Waals surface area contributed by atoms with Gasteiger partial charge in [0.1, 0.15) is 12.4 Å². The maximum Gasteiger partial charge on any atom is 0.311 e. The van der Waals surface area contributed by atoms with Gasteiger partial charge in [0.15, 0.2) is 0 Å². The molecule has 1 rings (SSSR count).